The summed E-state index contributed by atoms with van der Waals surface area (Å²) < 4.78 is 5.71. The van der Waals surface area contributed by atoms with Crippen LogP contribution in [0.2, 0.25) is 0 Å². The standard InChI is InChI=1S/C14H21NO3/c1-10-8-11(6-7-12(10)13(16)17)18-9-14(2,3)15(4)5/h6-8H,9H2,1-5H3,(H,16,17). The number of nitrogens with zero attached hydrogens (tertiary/aromatic N) is 1. The molecule has 0 heterocycles. The van der Waals surface area contributed by atoms with Crippen molar-refractivity contribution >= 4 is 5.97 Å². The van der Waals surface area contributed by atoms with Crippen LogP contribution in [0.1, 0.15) is 29.8 Å². The lowest BCUT2D eigenvalue weighted by atomic mass is 10.1. The first-order valence-electron chi connectivity index (χ1n) is 5.88. The number of ether oxygens (including phenoxy) is 1. The molecule has 0 fully saturated rings. The van der Waals surface area contributed by atoms with Crippen molar-refractivity contribution in [2.45, 2.75) is 26.3 Å². The zero-order valence-electron chi connectivity index (χ0n) is 11.7. The normalized spacial score (nSPS) is 11.7. The van der Waals surface area contributed by atoms with E-state index in [0.717, 1.165) is 0 Å². The van der Waals surface area contributed by atoms with Gasteiger partial charge in [0.05, 0.1) is 5.56 Å². The van der Waals surface area contributed by atoms with Gasteiger partial charge < -0.3 is 14.7 Å². The van der Waals surface area contributed by atoms with Crippen molar-refractivity contribution in [3.63, 3.8) is 0 Å². The van der Waals surface area contributed by atoms with Crippen LogP contribution in [-0.2, 0) is 0 Å². The van der Waals surface area contributed by atoms with Crippen LogP contribution < -0.4 is 4.74 Å². The number of carboxylic acid groups (broad SMARTS) is 1. The summed E-state index contributed by atoms with van der Waals surface area (Å²) in [6.45, 7) is 6.50. The fourth-order valence-corrected chi connectivity index (χ4v) is 1.35. The lowest BCUT2D eigenvalue weighted by Gasteiger charge is -2.32. The van der Waals surface area contributed by atoms with Gasteiger partial charge in [-0.25, -0.2) is 4.79 Å². The molecule has 0 amide bonds. The van der Waals surface area contributed by atoms with Crippen LogP contribution in [0, 0.1) is 6.92 Å². The Morgan fingerprint density at radius 1 is 1.39 bits per heavy atom. The lowest BCUT2D eigenvalue weighted by Crippen LogP contribution is -2.43. The highest BCUT2D eigenvalue weighted by molar-refractivity contribution is 5.89. The molecule has 1 aromatic rings. The molecule has 4 heteroatoms. The van der Waals surface area contributed by atoms with Crippen LogP contribution in [0.15, 0.2) is 18.2 Å². The average Bonchev–Trinajstić information content (AvgIpc) is 2.25. The highest BCUT2D eigenvalue weighted by atomic mass is 16.5. The first-order chi connectivity index (χ1) is 8.24. The topological polar surface area (TPSA) is 49.8 Å². The number of aryl methyl sites for hydroxylation is 1. The maximum Gasteiger partial charge on any atom is 0.335 e. The van der Waals surface area contributed by atoms with Crippen molar-refractivity contribution in [2.24, 2.45) is 0 Å². The third-order valence-corrected chi connectivity index (χ3v) is 3.23. The first kappa shape index (κ1) is 14.5. The number of aromatic carboxylic acids is 1. The van der Waals surface area contributed by atoms with E-state index in [0.29, 0.717) is 23.5 Å². The molecule has 18 heavy (non-hydrogen) atoms. The van der Waals surface area contributed by atoms with E-state index in [2.05, 4.69) is 18.7 Å². The summed E-state index contributed by atoms with van der Waals surface area (Å²) in [5, 5.41) is 8.94. The van der Waals surface area contributed by atoms with Crippen molar-refractivity contribution < 1.29 is 14.6 Å². The van der Waals surface area contributed by atoms with Crippen molar-refractivity contribution in [2.75, 3.05) is 20.7 Å². The fourth-order valence-electron chi connectivity index (χ4n) is 1.35. The maximum absolute atomic E-state index is 10.9. The highest BCUT2D eigenvalue weighted by Crippen LogP contribution is 2.19. The van der Waals surface area contributed by atoms with Crippen molar-refractivity contribution in [3.05, 3.63) is 29.3 Å². The van der Waals surface area contributed by atoms with E-state index in [1.165, 1.54) is 0 Å². The summed E-state index contributed by atoms with van der Waals surface area (Å²) in [5.74, 6) is -0.208. The molecule has 0 radical (unpaired) electrons. The maximum atomic E-state index is 10.9. The van der Waals surface area contributed by atoms with Gasteiger partial charge in [-0.1, -0.05) is 0 Å². The van der Waals surface area contributed by atoms with Gasteiger partial charge in [0.15, 0.2) is 0 Å². The van der Waals surface area contributed by atoms with E-state index >= 15 is 0 Å². The third-order valence-electron chi connectivity index (χ3n) is 3.23. The van der Waals surface area contributed by atoms with Gasteiger partial charge in [-0.2, -0.15) is 0 Å². The summed E-state index contributed by atoms with van der Waals surface area (Å²) in [4.78, 5) is 13.0. The predicted molar refractivity (Wildman–Crippen MR) is 71.4 cm³/mol. The Kier molecular flexibility index (Phi) is 4.35. The zero-order chi connectivity index (χ0) is 13.9. The van der Waals surface area contributed by atoms with Crippen LogP contribution in [0.4, 0.5) is 0 Å². The second-order valence-electron chi connectivity index (χ2n) is 5.28. The monoisotopic (exact) mass is 251 g/mol. The van der Waals surface area contributed by atoms with E-state index in [4.69, 9.17) is 9.84 Å². The molecule has 0 aliphatic rings. The fraction of sp³-hybridized carbons (Fsp3) is 0.500. The van der Waals surface area contributed by atoms with Gasteiger partial charge >= 0.3 is 5.97 Å². The molecular weight excluding hydrogens is 230 g/mol. The smallest absolute Gasteiger partial charge is 0.335 e. The zero-order valence-corrected chi connectivity index (χ0v) is 11.7. The van der Waals surface area contributed by atoms with E-state index in [1.54, 1.807) is 25.1 Å². The molecule has 0 saturated heterocycles. The van der Waals surface area contributed by atoms with Crippen LogP contribution >= 0.6 is 0 Å². The lowest BCUT2D eigenvalue weighted by molar-refractivity contribution is 0.0696. The summed E-state index contributed by atoms with van der Waals surface area (Å²) in [5.41, 5.74) is 0.955. The Morgan fingerprint density at radius 2 is 2.00 bits per heavy atom. The molecule has 1 rings (SSSR count). The van der Waals surface area contributed by atoms with E-state index in [-0.39, 0.29) is 5.54 Å². The van der Waals surface area contributed by atoms with Gasteiger partial charge in [-0.15, -0.1) is 0 Å². The van der Waals surface area contributed by atoms with Crippen LogP contribution in [-0.4, -0.2) is 42.2 Å². The minimum atomic E-state index is -0.910. The Balaban J connectivity index is 2.76. The molecule has 0 aliphatic heterocycles. The molecule has 0 aliphatic carbocycles. The molecule has 0 aromatic heterocycles. The Hall–Kier alpha value is -1.55. The molecule has 100 valence electrons. The number of benzene rings is 1. The second-order valence-corrected chi connectivity index (χ2v) is 5.28. The molecule has 1 N–H and O–H groups in total. The summed E-state index contributed by atoms with van der Waals surface area (Å²) in [6.07, 6.45) is 0. The summed E-state index contributed by atoms with van der Waals surface area (Å²) in [6, 6.07) is 5.03. The van der Waals surface area contributed by atoms with E-state index in [9.17, 15) is 4.79 Å². The minimum Gasteiger partial charge on any atom is -0.492 e. The van der Waals surface area contributed by atoms with Crippen LogP contribution in [0.3, 0.4) is 0 Å². The van der Waals surface area contributed by atoms with Crippen LogP contribution in [0.5, 0.6) is 5.75 Å². The van der Waals surface area contributed by atoms with Crippen molar-refractivity contribution in [1.82, 2.24) is 4.90 Å². The number of carboxylic acids is 1. The largest absolute Gasteiger partial charge is 0.492 e. The molecule has 4 nitrogen and oxygen atoms in total. The summed E-state index contributed by atoms with van der Waals surface area (Å²) in [7, 11) is 4.00. The van der Waals surface area contributed by atoms with Gasteiger partial charge in [0, 0.05) is 5.54 Å². The van der Waals surface area contributed by atoms with Crippen LogP contribution in [0.25, 0.3) is 0 Å². The number of likely N-dealkylation sites (N-methyl/N-ethyl adjacent to an activating group) is 1. The van der Waals surface area contributed by atoms with Crippen molar-refractivity contribution in [3.8, 4) is 5.75 Å². The van der Waals surface area contributed by atoms with Gasteiger partial charge in [0.25, 0.3) is 0 Å². The third kappa shape index (κ3) is 3.47. The first-order valence-corrected chi connectivity index (χ1v) is 5.88. The predicted octanol–water partition coefficient (Wildman–Crippen LogP) is 2.41. The second kappa shape index (κ2) is 5.40. The van der Waals surface area contributed by atoms with Crippen molar-refractivity contribution in [1.29, 1.82) is 0 Å². The molecule has 0 atom stereocenters. The highest BCUT2D eigenvalue weighted by Gasteiger charge is 2.21. The Bertz CT molecular complexity index is 439. The average molecular weight is 251 g/mol. The Morgan fingerprint density at radius 3 is 2.44 bits per heavy atom. The summed E-state index contributed by atoms with van der Waals surface area (Å²) >= 11 is 0. The molecule has 0 spiro atoms. The van der Waals surface area contributed by atoms with Gasteiger partial charge in [-0.05, 0) is 58.6 Å². The molecular formula is C14H21NO3. The SMILES string of the molecule is Cc1cc(OCC(C)(C)N(C)C)ccc1C(=O)O. The number of rotatable bonds is 5. The molecule has 1 aromatic carbocycles. The quantitative estimate of drug-likeness (QED) is 0.873. The molecule has 0 bridgehead atoms. The minimum absolute atomic E-state index is 0.0701. The van der Waals surface area contributed by atoms with Gasteiger partial charge in [0.2, 0.25) is 0 Å². The van der Waals surface area contributed by atoms with Gasteiger partial charge in [-0.3, -0.25) is 0 Å². The number of hydrogen-bond acceptors (Lipinski definition) is 3. The number of hydrogen-bond donors (Lipinski definition) is 1. The number of carbonyl (C=O) groups is 1. The van der Waals surface area contributed by atoms with E-state index in [1.807, 2.05) is 14.1 Å². The van der Waals surface area contributed by atoms with E-state index < -0.39 is 5.97 Å². The molecule has 0 unspecified atom stereocenters. The van der Waals surface area contributed by atoms with Gasteiger partial charge in [0.1, 0.15) is 12.4 Å². The molecule has 0 saturated carbocycles. The Labute approximate surface area is 108 Å².